The van der Waals surface area contributed by atoms with Crippen LogP contribution in [0.5, 0.6) is 0 Å². The third kappa shape index (κ3) is 7.66. The highest BCUT2D eigenvalue weighted by atomic mass is 16.3. The Balaban J connectivity index is 3.04. The van der Waals surface area contributed by atoms with Crippen LogP contribution in [0.4, 0.5) is 0 Å². The maximum absolute atomic E-state index is 8.70. The van der Waals surface area contributed by atoms with Crippen molar-refractivity contribution >= 4 is 0 Å². The Morgan fingerprint density at radius 2 is 2.22 bits per heavy atom. The second kappa shape index (κ2) is 5.79. The van der Waals surface area contributed by atoms with Crippen molar-refractivity contribution in [2.75, 3.05) is 6.61 Å². The average Bonchev–Trinajstić information content (AvgIpc) is 1.80. The van der Waals surface area contributed by atoms with Crippen LogP contribution >= 0.6 is 0 Å². The van der Waals surface area contributed by atoms with Gasteiger partial charge in [0, 0.05) is 6.61 Å². The molecule has 0 aromatic heterocycles. The van der Waals surface area contributed by atoms with Crippen LogP contribution in [0.25, 0.3) is 0 Å². The minimum atomic E-state index is -0.358. The third-order valence-electron chi connectivity index (χ3n) is 0.944. The van der Waals surface area contributed by atoms with E-state index in [0.29, 0.717) is 0 Å². The minimum absolute atomic E-state index is 0.226. The van der Waals surface area contributed by atoms with E-state index in [4.69, 9.17) is 10.2 Å². The second-order valence-electron chi connectivity index (χ2n) is 2.03. The maximum Gasteiger partial charge on any atom is 0.0692 e. The molecule has 0 spiro atoms. The first-order chi connectivity index (χ1) is 4.27. The van der Waals surface area contributed by atoms with Crippen molar-refractivity contribution in [3.05, 3.63) is 12.2 Å². The van der Waals surface area contributed by atoms with Crippen molar-refractivity contribution in [1.29, 1.82) is 0 Å². The third-order valence-corrected chi connectivity index (χ3v) is 0.944. The number of allylic oxidation sites excluding steroid dienone is 1. The number of aliphatic hydroxyl groups is 2. The molecule has 0 aromatic carbocycles. The van der Waals surface area contributed by atoms with Gasteiger partial charge in [-0.1, -0.05) is 12.2 Å². The molecule has 9 heavy (non-hydrogen) atoms. The van der Waals surface area contributed by atoms with Gasteiger partial charge in [-0.15, -0.1) is 0 Å². The Kier molecular flexibility index (Phi) is 5.57. The number of unbranched alkanes of at least 4 members (excludes halogenated alkanes) is 1. The van der Waals surface area contributed by atoms with Crippen molar-refractivity contribution in [2.24, 2.45) is 0 Å². The van der Waals surface area contributed by atoms with Gasteiger partial charge in [-0.3, -0.25) is 0 Å². The molecule has 1 atom stereocenters. The normalized spacial score (nSPS) is 14.6. The number of aliphatic hydroxyl groups excluding tert-OH is 2. The van der Waals surface area contributed by atoms with Gasteiger partial charge < -0.3 is 10.2 Å². The topological polar surface area (TPSA) is 40.5 Å². The van der Waals surface area contributed by atoms with Gasteiger partial charge in [0.05, 0.1) is 6.10 Å². The van der Waals surface area contributed by atoms with Crippen LogP contribution in [0.1, 0.15) is 19.8 Å². The van der Waals surface area contributed by atoms with Crippen molar-refractivity contribution in [3.8, 4) is 0 Å². The molecule has 2 nitrogen and oxygen atoms in total. The molecule has 2 N–H and O–H groups in total. The molecule has 2 heteroatoms. The fourth-order valence-corrected chi connectivity index (χ4v) is 0.502. The van der Waals surface area contributed by atoms with Gasteiger partial charge in [-0.05, 0) is 19.8 Å². The van der Waals surface area contributed by atoms with E-state index in [-0.39, 0.29) is 12.7 Å². The van der Waals surface area contributed by atoms with E-state index in [0.717, 1.165) is 12.8 Å². The summed E-state index contributed by atoms with van der Waals surface area (Å²) in [4.78, 5) is 0. The highest BCUT2D eigenvalue weighted by Crippen LogP contribution is 1.90. The molecular formula is C7H14O2. The Morgan fingerprint density at radius 3 is 2.67 bits per heavy atom. The van der Waals surface area contributed by atoms with Crippen molar-refractivity contribution in [2.45, 2.75) is 25.9 Å². The van der Waals surface area contributed by atoms with Gasteiger partial charge in [0.2, 0.25) is 0 Å². The first kappa shape index (κ1) is 8.66. The van der Waals surface area contributed by atoms with E-state index in [1.54, 1.807) is 13.0 Å². The quantitative estimate of drug-likeness (QED) is 0.434. The summed E-state index contributed by atoms with van der Waals surface area (Å²) in [5, 5.41) is 17.0. The Labute approximate surface area is 55.8 Å². The first-order valence-electron chi connectivity index (χ1n) is 3.23. The molecule has 0 amide bonds. The Hall–Kier alpha value is -0.340. The van der Waals surface area contributed by atoms with E-state index in [2.05, 4.69) is 0 Å². The fraction of sp³-hybridized carbons (Fsp3) is 0.714. The molecule has 1 unspecified atom stereocenters. The summed E-state index contributed by atoms with van der Waals surface area (Å²) >= 11 is 0. The van der Waals surface area contributed by atoms with Gasteiger partial charge in [-0.2, -0.15) is 0 Å². The summed E-state index contributed by atoms with van der Waals surface area (Å²) in [6.45, 7) is 1.93. The number of hydrogen-bond donors (Lipinski definition) is 2. The molecule has 0 aliphatic rings. The molecule has 0 heterocycles. The molecule has 0 saturated carbocycles. The van der Waals surface area contributed by atoms with Crippen molar-refractivity contribution < 1.29 is 10.2 Å². The molecule has 0 aromatic rings. The van der Waals surface area contributed by atoms with Crippen LogP contribution in [-0.4, -0.2) is 22.9 Å². The van der Waals surface area contributed by atoms with Gasteiger partial charge in [-0.25, -0.2) is 0 Å². The lowest BCUT2D eigenvalue weighted by Gasteiger charge is -1.92. The summed E-state index contributed by atoms with van der Waals surface area (Å²) in [6.07, 6.45) is 4.87. The standard InChI is InChI=1S/C7H14O2/c1-7(9)5-3-2-4-6-8/h3,5,7-9H,2,4,6H2,1H3/b5-3+. The lowest BCUT2D eigenvalue weighted by molar-refractivity contribution is 0.243. The number of rotatable bonds is 4. The van der Waals surface area contributed by atoms with E-state index in [9.17, 15) is 0 Å². The zero-order valence-corrected chi connectivity index (χ0v) is 5.75. The predicted octanol–water partition coefficient (Wildman–Crippen LogP) is 0.696. The van der Waals surface area contributed by atoms with E-state index >= 15 is 0 Å². The highest BCUT2D eigenvalue weighted by molar-refractivity contribution is 4.85. The minimum Gasteiger partial charge on any atom is -0.396 e. The first-order valence-corrected chi connectivity index (χ1v) is 3.23. The molecule has 0 saturated heterocycles. The highest BCUT2D eigenvalue weighted by Gasteiger charge is 1.83. The lowest BCUT2D eigenvalue weighted by Crippen LogP contribution is -1.91. The largest absolute Gasteiger partial charge is 0.396 e. The molecular weight excluding hydrogens is 116 g/mol. The van der Waals surface area contributed by atoms with Crippen LogP contribution < -0.4 is 0 Å². The van der Waals surface area contributed by atoms with Crippen LogP contribution in [0, 0.1) is 0 Å². The Bertz CT molecular complexity index is 77.0. The molecule has 0 radical (unpaired) electrons. The van der Waals surface area contributed by atoms with Gasteiger partial charge in [0.15, 0.2) is 0 Å². The average molecular weight is 130 g/mol. The molecule has 54 valence electrons. The van der Waals surface area contributed by atoms with E-state index in [1.807, 2.05) is 6.08 Å². The summed E-state index contributed by atoms with van der Waals surface area (Å²) in [5.41, 5.74) is 0. The molecule has 0 aliphatic heterocycles. The number of hydrogen-bond acceptors (Lipinski definition) is 2. The van der Waals surface area contributed by atoms with Gasteiger partial charge in [0.25, 0.3) is 0 Å². The predicted molar refractivity (Wildman–Crippen MR) is 37.1 cm³/mol. The van der Waals surface area contributed by atoms with Gasteiger partial charge >= 0.3 is 0 Å². The zero-order valence-electron chi connectivity index (χ0n) is 5.75. The lowest BCUT2D eigenvalue weighted by atomic mass is 10.2. The van der Waals surface area contributed by atoms with Gasteiger partial charge in [0.1, 0.15) is 0 Å². The summed E-state index contributed by atoms with van der Waals surface area (Å²) in [5.74, 6) is 0. The van der Waals surface area contributed by atoms with Crippen molar-refractivity contribution in [3.63, 3.8) is 0 Å². The summed E-state index contributed by atoms with van der Waals surface area (Å²) < 4.78 is 0. The zero-order chi connectivity index (χ0) is 7.11. The van der Waals surface area contributed by atoms with Crippen LogP contribution in [0.15, 0.2) is 12.2 Å². The summed E-state index contributed by atoms with van der Waals surface area (Å²) in [6, 6.07) is 0. The summed E-state index contributed by atoms with van der Waals surface area (Å²) in [7, 11) is 0. The van der Waals surface area contributed by atoms with Crippen LogP contribution in [-0.2, 0) is 0 Å². The van der Waals surface area contributed by atoms with E-state index < -0.39 is 0 Å². The monoisotopic (exact) mass is 130 g/mol. The molecule has 0 rings (SSSR count). The van der Waals surface area contributed by atoms with Crippen molar-refractivity contribution in [1.82, 2.24) is 0 Å². The van der Waals surface area contributed by atoms with Crippen LogP contribution in [0.3, 0.4) is 0 Å². The Morgan fingerprint density at radius 1 is 1.56 bits per heavy atom. The maximum atomic E-state index is 8.70. The second-order valence-corrected chi connectivity index (χ2v) is 2.03. The SMILES string of the molecule is CC(O)/C=C/CCCO. The molecule has 0 fully saturated rings. The smallest absolute Gasteiger partial charge is 0.0692 e. The molecule has 0 aliphatic carbocycles. The van der Waals surface area contributed by atoms with Crippen LogP contribution in [0.2, 0.25) is 0 Å². The molecule has 0 bridgehead atoms. The van der Waals surface area contributed by atoms with E-state index in [1.165, 1.54) is 0 Å². The fourth-order valence-electron chi connectivity index (χ4n) is 0.502.